The molecule has 1 aliphatic rings. The van der Waals surface area contributed by atoms with Gasteiger partial charge in [0.1, 0.15) is 19.5 Å². The third kappa shape index (κ3) is 4.39. The van der Waals surface area contributed by atoms with Crippen molar-refractivity contribution in [2.45, 2.75) is 13.0 Å². The summed E-state index contributed by atoms with van der Waals surface area (Å²) in [7, 11) is 0. The Labute approximate surface area is 126 Å². The molecule has 1 aromatic rings. The Balaban J connectivity index is 1.88. The maximum Gasteiger partial charge on any atom is 0.377 e. The smallest absolute Gasteiger partial charge is 0.377 e. The first kappa shape index (κ1) is 15.2. The lowest BCUT2D eigenvalue weighted by molar-refractivity contribution is -0.153. The van der Waals surface area contributed by atoms with Gasteiger partial charge < -0.3 is 19.5 Å². The summed E-state index contributed by atoms with van der Waals surface area (Å²) in [4.78, 5) is 23.6. The number of carbonyl (C=O) groups is 2. The van der Waals surface area contributed by atoms with Gasteiger partial charge in [-0.25, -0.2) is 4.79 Å². The normalized spacial score (nSPS) is 15.0. The minimum absolute atomic E-state index is 0.0487. The molecular formula is C14H14ClNO5. The SMILES string of the molecule is C[C@H](OC(=O)C1=COCCO1)C(=O)Nc1ccc(Cl)cc1. The van der Waals surface area contributed by atoms with Crippen LogP contribution in [0, 0.1) is 0 Å². The fourth-order valence-electron chi connectivity index (χ4n) is 1.52. The van der Waals surface area contributed by atoms with E-state index >= 15 is 0 Å². The highest BCUT2D eigenvalue weighted by Gasteiger charge is 2.23. The summed E-state index contributed by atoms with van der Waals surface area (Å²) >= 11 is 5.75. The molecular weight excluding hydrogens is 298 g/mol. The monoisotopic (exact) mass is 311 g/mol. The predicted octanol–water partition coefficient (Wildman–Crippen LogP) is 2.10. The summed E-state index contributed by atoms with van der Waals surface area (Å²) in [5.41, 5.74) is 0.559. The van der Waals surface area contributed by atoms with E-state index in [9.17, 15) is 9.59 Å². The van der Waals surface area contributed by atoms with Crippen LogP contribution >= 0.6 is 11.6 Å². The minimum atomic E-state index is -0.973. The lowest BCUT2D eigenvalue weighted by atomic mass is 10.3. The summed E-state index contributed by atoms with van der Waals surface area (Å²) < 4.78 is 15.0. The van der Waals surface area contributed by atoms with Gasteiger partial charge in [0, 0.05) is 10.7 Å². The molecule has 7 heteroatoms. The molecule has 2 rings (SSSR count). The minimum Gasteiger partial charge on any atom is -0.493 e. The van der Waals surface area contributed by atoms with Crippen LogP contribution in [0.25, 0.3) is 0 Å². The van der Waals surface area contributed by atoms with Crippen LogP contribution in [-0.4, -0.2) is 31.2 Å². The number of nitrogens with one attached hydrogen (secondary N) is 1. The number of hydrogen-bond donors (Lipinski definition) is 1. The van der Waals surface area contributed by atoms with Crippen LogP contribution in [0.5, 0.6) is 0 Å². The van der Waals surface area contributed by atoms with Gasteiger partial charge in [0.05, 0.1) is 0 Å². The zero-order valence-electron chi connectivity index (χ0n) is 11.3. The summed E-state index contributed by atoms with van der Waals surface area (Å²) in [5.74, 6) is -1.25. The molecule has 1 N–H and O–H groups in total. The van der Waals surface area contributed by atoms with Crippen LogP contribution in [0.15, 0.2) is 36.3 Å². The summed E-state index contributed by atoms with van der Waals surface area (Å²) in [6.45, 7) is 2.11. The molecule has 0 spiro atoms. The number of esters is 1. The molecule has 1 aliphatic heterocycles. The summed E-state index contributed by atoms with van der Waals surface area (Å²) in [5, 5.41) is 3.17. The average Bonchev–Trinajstić information content (AvgIpc) is 2.50. The largest absolute Gasteiger partial charge is 0.493 e. The second-order valence-electron chi connectivity index (χ2n) is 4.25. The van der Waals surface area contributed by atoms with Crippen LogP contribution in [0.3, 0.4) is 0 Å². The first-order valence-corrected chi connectivity index (χ1v) is 6.66. The lowest BCUT2D eigenvalue weighted by Crippen LogP contribution is -2.31. The molecule has 0 fully saturated rings. The highest BCUT2D eigenvalue weighted by atomic mass is 35.5. The fraction of sp³-hybridized carbons (Fsp3) is 0.286. The Morgan fingerprint density at radius 3 is 2.62 bits per heavy atom. The van der Waals surface area contributed by atoms with Gasteiger partial charge in [0.15, 0.2) is 6.10 Å². The molecule has 0 saturated carbocycles. The third-order valence-corrected chi connectivity index (χ3v) is 2.87. The van der Waals surface area contributed by atoms with Crippen LogP contribution < -0.4 is 5.32 Å². The molecule has 21 heavy (non-hydrogen) atoms. The average molecular weight is 312 g/mol. The van der Waals surface area contributed by atoms with Gasteiger partial charge in [-0.2, -0.15) is 0 Å². The van der Waals surface area contributed by atoms with Crippen molar-refractivity contribution in [1.29, 1.82) is 0 Å². The Morgan fingerprint density at radius 2 is 2.00 bits per heavy atom. The van der Waals surface area contributed by atoms with E-state index in [4.69, 9.17) is 25.8 Å². The van der Waals surface area contributed by atoms with Crippen molar-refractivity contribution in [2.24, 2.45) is 0 Å². The fourth-order valence-corrected chi connectivity index (χ4v) is 1.65. The van der Waals surface area contributed by atoms with Gasteiger partial charge in [-0.15, -0.1) is 0 Å². The molecule has 1 heterocycles. The number of benzene rings is 1. The Kier molecular flexibility index (Phi) is 5.05. The van der Waals surface area contributed by atoms with Crippen LogP contribution in [-0.2, 0) is 23.8 Å². The van der Waals surface area contributed by atoms with Crippen molar-refractivity contribution in [1.82, 2.24) is 0 Å². The van der Waals surface area contributed by atoms with E-state index in [-0.39, 0.29) is 12.4 Å². The van der Waals surface area contributed by atoms with Gasteiger partial charge in [-0.05, 0) is 31.2 Å². The van der Waals surface area contributed by atoms with Crippen molar-refractivity contribution in [2.75, 3.05) is 18.5 Å². The number of halogens is 1. The van der Waals surface area contributed by atoms with Crippen molar-refractivity contribution in [3.05, 3.63) is 41.3 Å². The lowest BCUT2D eigenvalue weighted by Gasteiger charge is -2.17. The molecule has 0 unspecified atom stereocenters. The van der Waals surface area contributed by atoms with Crippen LogP contribution in [0.2, 0.25) is 5.02 Å². The Bertz CT molecular complexity index is 555. The van der Waals surface area contributed by atoms with E-state index < -0.39 is 18.0 Å². The highest BCUT2D eigenvalue weighted by Crippen LogP contribution is 2.14. The maximum absolute atomic E-state index is 11.9. The quantitative estimate of drug-likeness (QED) is 0.862. The van der Waals surface area contributed by atoms with Gasteiger partial charge in [-0.3, -0.25) is 4.79 Å². The van der Waals surface area contributed by atoms with Crippen molar-refractivity contribution in [3.63, 3.8) is 0 Å². The van der Waals surface area contributed by atoms with Gasteiger partial charge in [-0.1, -0.05) is 11.6 Å². The van der Waals surface area contributed by atoms with E-state index in [0.29, 0.717) is 17.3 Å². The van der Waals surface area contributed by atoms with Gasteiger partial charge >= 0.3 is 5.97 Å². The van der Waals surface area contributed by atoms with E-state index in [1.807, 2.05) is 0 Å². The first-order valence-electron chi connectivity index (χ1n) is 6.28. The number of amides is 1. The van der Waals surface area contributed by atoms with Crippen molar-refractivity contribution < 1.29 is 23.8 Å². The maximum atomic E-state index is 11.9. The van der Waals surface area contributed by atoms with Gasteiger partial charge in [0.25, 0.3) is 5.91 Å². The number of carbonyl (C=O) groups excluding carboxylic acids is 2. The third-order valence-electron chi connectivity index (χ3n) is 2.62. The Morgan fingerprint density at radius 1 is 1.29 bits per heavy atom. The highest BCUT2D eigenvalue weighted by molar-refractivity contribution is 6.30. The topological polar surface area (TPSA) is 73.9 Å². The van der Waals surface area contributed by atoms with Gasteiger partial charge in [0.2, 0.25) is 5.76 Å². The summed E-state index contributed by atoms with van der Waals surface area (Å²) in [6.07, 6.45) is 0.204. The molecule has 6 nitrogen and oxygen atoms in total. The number of anilines is 1. The van der Waals surface area contributed by atoms with E-state index in [2.05, 4.69) is 5.32 Å². The second-order valence-corrected chi connectivity index (χ2v) is 4.68. The summed E-state index contributed by atoms with van der Waals surface area (Å²) in [6, 6.07) is 6.59. The van der Waals surface area contributed by atoms with E-state index in [0.717, 1.165) is 0 Å². The van der Waals surface area contributed by atoms with E-state index in [1.165, 1.54) is 13.2 Å². The second kappa shape index (κ2) is 6.99. The standard InChI is InChI=1S/C14H14ClNO5/c1-9(21-14(18)12-8-19-6-7-20-12)13(17)16-11-4-2-10(15)3-5-11/h2-5,8-9H,6-7H2,1H3,(H,16,17)/t9-/m0/s1. The van der Waals surface area contributed by atoms with Crippen LogP contribution in [0.1, 0.15) is 6.92 Å². The zero-order chi connectivity index (χ0) is 15.2. The molecule has 1 atom stereocenters. The van der Waals surface area contributed by atoms with Crippen molar-refractivity contribution in [3.8, 4) is 0 Å². The number of hydrogen-bond acceptors (Lipinski definition) is 5. The van der Waals surface area contributed by atoms with Crippen molar-refractivity contribution >= 4 is 29.2 Å². The molecule has 0 aromatic heterocycles. The Hall–Kier alpha value is -2.21. The first-order chi connectivity index (χ1) is 10.1. The van der Waals surface area contributed by atoms with Crippen LogP contribution in [0.4, 0.5) is 5.69 Å². The molecule has 0 radical (unpaired) electrons. The molecule has 112 valence electrons. The molecule has 0 bridgehead atoms. The molecule has 1 aromatic carbocycles. The molecule has 0 aliphatic carbocycles. The number of rotatable bonds is 4. The number of ether oxygens (including phenoxy) is 3. The van der Waals surface area contributed by atoms with E-state index in [1.54, 1.807) is 24.3 Å². The molecule has 0 saturated heterocycles. The molecule has 1 amide bonds. The predicted molar refractivity (Wildman–Crippen MR) is 75.6 cm³/mol. The zero-order valence-corrected chi connectivity index (χ0v) is 12.1.